The van der Waals surface area contributed by atoms with E-state index in [1.54, 1.807) is 13.1 Å². The van der Waals surface area contributed by atoms with Gasteiger partial charge in [0.25, 0.3) is 0 Å². The molecule has 78 valence electrons. The van der Waals surface area contributed by atoms with Gasteiger partial charge in [0.15, 0.2) is 5.75 Å². The Labute approximate surface area is 82.4 Å². The number of pyridine rings is 1. The molecule has 0 fully saturated rings. The van der Waals surface area contributed by atoms with E-state index in [2.05, 4.69) is 0 Å². The summed E-state index contributed by atoms with van der Waals surface area (Å²) < 4.78 is 1.81. The lowest BCUT2D eigenvalue weighted by Crippen LogP contribution is -2.10. The third kappa shape index (κ3) is 2.35. The van der Waals surface area contributed by atoms with E-state index in [0.29, 0.717) is 12.2 Å². The molecular weight excluding hydrogens is 182 g/mol. The van der Waals surface area contributed by atoms with Gasteiger partial charge in [-0.2, -0.15) is 0 Å². The minimum Gasteiger partial charge on any atom is -0.503 e. The summed E-state index contributed by atoms with van der Waals surface area (Å²) in [5, 5.41) is 18.0. The number of aromatic nitrogens is 1. The van der Waals surface area contributed by atoms with Crippen LogP contribution in [0.15, 0.2) is 17.1 Å². The van der Waals surface area contributed by atoms with Crippen LogP contribution in [0, 0.1) is 6.92 Å². The molecule has 4 heteroatoms. The summed E-state index contributed by atoms with van der Waals surface area (Å²) in [5.74, 6) is -0.184. The Morgan fingerprint density at radius 1 is 1.43 bits per heavy atom. The monoisotopic (exact) mass is 197 g/mol. The van der Waals surface area contributed by atoms with Crippen molar-refractivity contribution in [3.8, 4) is 5.75 Å². The SMILES string of the molecule is Cc1c(O)c(=O)ccn1CCCCO. The van der Waals surface area contributed by atoms with Crippen LogP contribution < -0.4 is 5.43 Å². The number of rotatable bonds is 4. The van der Waals surface area contributed by atoms with Crippen molar-refractivity contribution in [2.75, 3.05) is 6.61 Å². The molecular formula is C10H15NO3. The molecule has 14 heavy (non-hydrogen) atoms. The lowest BCUT2D eigenvalue weighted by atomic mass is 10.3. The first-order valence-electron chi connectivity index (χ1n) is 4.66. The fourth-order valence-electron chi connectivity index (χ4n) is 1.30. The largest absolute Gasteiger partial charge is 0.503 e. The van der Waals surface area contributed by atoms with E-state index in [0.717, 1.165) is 12.8 Å². The van der Waals surface area contributed by atoms with Crippen LogP contribution in [0.2, 0.25) is 0 Å². The molecule has 0 unspecified atom stereocenters. The topological polar surface area (TPSA) is 62.5 Å². The fourth-order valence-corrected chi connectivity index (χ4v) is 1.30. The molecule has 1 rings (SSSR count). The van der Waals surface area contributed by atoms with Gasteiger partial charge in [0.2, 0.25) is 5.43 Å². The minimum atomic E-state index is -0.346. The quantitative estimate of drug-likeness (QED) is 0.696. The third-order valence-electron chi connectivity index (χ3n) is 2.22. The van der Waals surface area contributed by atoms with E-state index in [9.17, 15) is 9.90 Å². The Balaban J connectivity index is 2.78. The highest BCUT2D eigenvalue weighted by molar-refractivity contribution is 5.25. The Bertz CT molecular complexity index is 357. The van der Waals surface area contributed by atoms with Gasteiger partial charge in [0.05, 0.1) is 5.69 Å². The molecule has 0 spiro atoms. The van der Waals surface area contributed by atoms with Gasteiger partial charge in [0, 0.05) is 25.4 Å². The first-order valence-corrected chi connectivity index (χ1v) is 4.66. The molecule has 0 aromatic carbocycles. The van der Waals surface area contributed by atoms with Gasteiger partial charge < -0.3 is 14.8 Å². The van der Waals surface area contributed by atoms with E-state index in [1.807, 2.05) is 4.57 Å². The van der Waals surface area contributed by atoms with Crippen molar-refractivity contribution in [1.29, 1.82) is 0 Å². The summed E-state index contributed by atoms with van der Waals surface area (Å²) in [6, 6.07) is 1.35. The number of unbranched alkanes of at least 4 members (excludes halogenated alkanes) is 1. The maximum Gasteiger partial charge on any atom is 0.223 e. The van der Waals surface area contributed by atoms with Gasteiger partial charge in [-0.25, -0.2) is 0 Å². The molecule has 0 aliphatic rings. The first kappa shape index (κ1) is 10.8. The molecule has 0 aliphatic carbocycles. The maximum absolute atomic E-state index is 11.0. The van der Waals surface area contributed by atoms with Gasteiger partial charge in [0.1, 0.15) is 0 Å². The Morgan fingerprint density at radius 2 is 2.14 bits per heavy atom. The number of aliphatic hydroxyl groups is 1. The number of nitrogens with zero attached hydrogens (tertiary/aromatic N) is 1. The van der Waals surface area contributed by atoms with Crippen molar-refractivity contribution in [1.82, 2.24) is 4.57 Å². The zero-order chi connectivity index (χ0) is 10.6. The van der Waals surface area contributed by atoms with Crippen molar-refractivity contribution in [2.45, 2.75) is 26.3 Å². The maximum atomic E-state index is 11.0. The van der Waals surface area contributed by atoms with Crippen LogP contribution in [-0.2, 0) is 6.54 Å². The smallest absolute Gasteiger partial charge is 0.223 e. The molecule has 0 aliphatic heterocycles. The highest BCUT2D eigenvalue weighted by Gasteiger charge is 2.03. The zero-order valence-corrected chi connectivity index (χ0v) is 8.23. The lowest BCUT2D eigenvalue weighted by molar-refractivity contribution is 0.281. The van der Waals surface area contributed by atoms with E-state index < -0.39 is 0 Å². The van der Waals surface area contributed by atoms with E-state index in [1.165, 1.54) is 6.07 Å². The average Bonchev–Trinajstić information content (AvgIpc) is 2.18. The zero-order valence-electron chi connectivity index (χ0n) is 8.23. The van der Waals surface area contributed by atoms with Crippen LogP contribution in [0.4, 0.5) is 0 Å². The number of hydrogen-bond acceptors (Lipinski definition) is 3. The molecule has 1 heterocycles. The average molecular weight is 197 g/mol. The normalized spacial score (nSPS) is 10.4. The van der Waals surface area contributed by atoms with Gasteiger partial charge >= 0.3 is 0 Å². The van der Waals surface area contributed by atoms with Gasteiger partial charge in [-0.15, -0.1) is 0 Å². The third-order valence-corrected chi connectivity index (χ3v) is 2.22. The van der Waals surface area contributed by atoms with E-state index >= 15 is 0 Å². The summed E-state index contributed by atoms with van der Waals surface area (Å²) in [4.78, 5) is 11.0. The molecule has 2 N–H and O–H groups in total. The summed E-state index contributed by atoms with van der Waals surface area (Å²) >= 11 is 0. The molecule has 4 nitrogen and oxygen atoms in total. The number of aryl methyl sites for hydroxylation is 1. The first-order chi connectivity index (χ1) is 6.66. The molecule has 0 saturated carbocycles. The molecule has 0 saturated heterocycles. The summed E-state index contributed by atoms with van der Waals surface area (Å²) in [6.07, 6.45) is 3.22. The van der Waals surface area contributed by atoms with Crippen LogP contribution in [0.5, 0.6) is 5.75 Å². The fraction of sp³-hybridized carbons (Fsp3) is 0.500. The molecule has 1 aromatic rings. The van der Waals surface area contributed by atoms with Gasteiger partial charge in [-0.1, -0.05) is 0 Å². The van der Waals surface area contributed by atoms with Crippen LogP contribution in [0.1, 0.15) is 18.5 Å². The molecule has 0 radical (unpaired) electrons. The van der Waals surface area contributed by atoms with E-state index in [4.69, 9.17) is 5.11 Å². The standard InChI is InChI=1S/C10H15NO3/c1-8-10(14)9(13)4-6-11(8)5-2-3-7-12/h4,6,12,14H,2-3,5,7H2,1H3. The second-order valence-corrected chi connectivity index (χ2v) is 3.24. The second-order valence-electron chi connectivity index (χ2n) is 3.24. The van der Waals surface area contributed by atoms with E-state index in [-0.39, 0.29) is 17.8 Å². The van der Waals surface area contributed by atoms with Crippen molar-refractivity contribution in [3.63, 3.8) is 0 Å². The van der Waals surface area contributed by atoms with Crippen molar-refractivity contribution < 1.29 is 10.2 Å². The number of aromatic hydroxyl groups is 1. The van der Waals surface area contributed by atoms with Crippen LogP contribution in [0.25, 0.3) is 0 Å². The molecule has 0 atom stereocenters. The highest BCUT2D eigenvalue weighted by atomic mass is 16.3. The summed E-state index contributed by atoms with van der Waals surface area (Å²) in [5.41, 5.74) is 0.233. The summed E-state index contributed by atoms with van der Waals surface area (Å²) in [6.45, 7) is 2.58. The Kier molecular flexibility index (Phi) is 3.71. The lowest BCUT2D eigenvalue weighted by Gasteiger charge is -2.10. The molecule has 1 aromatic heterocycles. The Hall–Kier alpha value is -1.29. The second kappa shape index (κ2) is 4.81. The Morgan fingerprint density at radius 3 is 2.79 bits per heavy atom. The highest BCUT2D eigenvalue weighted by Crippen LogP contribution is 2.09. The van der Waals surface area contributed by atoms with Crippen molar-refractivity contribution in [3.05, 3.63) is 28.2 Å². The van der Waals surface area contributed by atoms with Crippen LogP contribution >= 0.6 is 0 Å². The predicted molar refractivity (Wildman–Crippen MR) is 53.4 cm³/mol. The van der Waals surface area contributed by atoms with Crippen molar-refractivity contribution >= 4 is 0 Å². The molecule has 0 bridgehead atoms. The number of aliphatic hydroxyl groups excluding tert-OH is 1. The van der Waals surface area contributed by atoms with Crippen LogP contribution in [0.3, 0.4) is 0 Å². The number of hydrogen-bond donors (Lipinski definition) is 2. The molecule has 0 amide bonds. The van der Waals surface area contributed by atoms with Crippen LogP contribution in [-0.4, -0.2) is 21.4 Å². The summed E-state index contributed by atoms with van der Waals surface area (Å²) in [7, 11) is 0. The van der Waals surface area contributed by atoms with Gasteiger partial charge in [-0.05, 0) is 19.8 Å². The van der Waals surface area contributed by atoms with Gasteiger partial charge in [-0.3, -0.25) is 4.79 Å². The minimum absolute atomic E-state index is 0.172. The van der Waals surface area contributed by atoms with Crippen molar-refractivity contribution in [2.24, 2.45) is 0 Å². The predicted octanol–water partition coefficient (Wildman–Crippen LogP) is 0.635.